The fraction of sp³-hybridized carbons (Fsp3) is 0.250. The molecule has 0 spiro atoms. The van der Waals surface area contributed by atoms with Gasteiger partial charge in [-0.25, -0.2) is 0 Å². The van der Waals surface area contributed by atoms with Gasteiger partial charge in [0, 0.05) is 18.4 Å². The fourth-order valence-corrected chi connectivity index (χ4v) is 2.96. The Labute approximate surface area is 167 Å². The van der Waals surface area contributed by atoms with Gasteiger partial charge in [-0.05, 0) is 41.7 Å². The van der Waals surface area contributed by atoms with Crippen molar-refractivity contribution in [2.75, 3.05) is 5.32 Å². The summed E-state index contributed by atoms with van der Waals surface area (Å²) < 4.78 is 0. The molecule has 1 aromatic heterocycles. The highest BCUT2D eigenvalue weighted by molar-refractivity contribution is 5.94. The molecule has 2 aromatic carbocycles. The molecule has 3 aromatic rings. The molecule has 1 amide bonds. The van der Waals surface area contributed by atoms with E-state index in [4.69, 9.17) is 0 Å². The van der Waals surface area contributed by atoms with E-state index in [1.54, 1.807) is 12.4 Å². The quantitative estimate of drug-likeness (QED) is 0.633. The SMILES string of the molecule is Cc1cccc(CNC(=O)c2cncc(Nc3ccc(C(C)(C)C)cc3)c2)c1. The van der Waals surface area contributed by atoms with Crippen LogP contribution in [0.2, 0.25) is 0 Å². The molecule has 0 saturated heterocycles. The van der Waals surface area contributed by atoms with Crippen LogP contribution in [0.3, 0.4) is 0 Å². The summed E-state index contributed by atoms with van der Waals surface area (Å²) in [5.41, 5.74) is 5.94. The van der Waals surface area contributed by atoms with Crippen molar-refractivity contribution in [1.29, 1.82) is 0 Å². The number of hydrogen-bond donors (Lipinski definition) is 2. The van der Waals surface area contributed by atoms with Crippen LogP contribution in [0.4, 0.5) is 11.4 Å². The van der Waals surface area contributed by atoms with Crippen LogP contribution in [0.15, 0.2) is 67.0 Å². The van der Waals surface area contributed by atoms with Crippen molar-refractivity contribution >= 4 is 17.3 Å². The van der Waals surface area contributed by atoms with Crippen molar-refractivity contribution in [1.82, 2.24) is 10.3 Å². The molecule has 28 heavy (non-hydrogen) atoms. The van der Waals surface area contributed by atoms with Gasteiger partial charge < -0.3 is 10.6 Å². The van der Waals surface area contributed by atoms with E-state index in [0.717, 1.165) is 16.9 Å². The Bertz CT molecular complexity index is 956. The van der Waals surface area contributed by atoms with Crippen LogP contribution in [-0.4, -0.2) is 10.9 Å². The zero-order valence-corrected chi connectivity index (χ0v) is 16.9. The largest absolute Gasteiger partial charge is 0.354 e. The number of pyridine rings is 1. The highest BCUT2D eigenvalue weighted by atomic mass is 16.1. The number of hydrogen-bond acceptors (Lipinski definition) is 3. The molecule has 0 aliphatic rings. The number of aryl methyl sites for hydroxylation is 1. The van der Waals surface area contributed by atoms with Crippen molar-refractivity contribution in [3.8, 4) is 0 Å². The fourth-order valence-electron chi connectivity index (χ4n) is 2.96. The van der Waals surface area contributed by atoms with Crippen molar-refractivity contribution < 1.29 is 4.79 Å². The molecular formula is C24H27N3O. The Morgan fingerprint density at radius 1 is 0.964 bits per heavy atom. The number of anilines is 2. The summed E-state index contributed by atoms with van der Waals surface area (Å²) in [4.78, 5) is 16.7. The molecule has 4 nitrogen and oxygen atoms in total. The first kappa shape index (κ1) is 19.6. The van der Waals surface area contributed by atoms with Gasteiger partial charge in [0.15, 0.2) is 0 Å². The molecule has 2 N–H and O–H groups in total. The minimum atomic E-state index is -0.138. The third-order valence-electron chi connectivity index (χ3n) is 4.58. The van der Waals surface area contributed by atoms with Crippen LogP contribution in [-0.2, 0) is 12.0 Å². The normalized spacial score (nSPS) is 11.1. The maximum atomic E-state index is 12.5. The van der Waals surface area contributed by atoms with Crippen molar-refractivity contribution in [2.45, 2.75) is 39.7 Å². The smallest absolute Gasteiger partial charge is 0.253 e. The summed E-state index contributed by atoms with van der Waals surface area (Å²) in [5.74, 6) is -0.138. The van der Waals surface area contributed by atoms with E-state index in [9.17, 15) is 4.79 Å². The van der Waals surface area contributed by atoms with Gasteiger partial charge >= 0.3 is 0 Å². The van der Waals surface area contributed by atoms with E-state index in [1.165, 1.54) is 11.1 Å². The number of benzene rings is 2. The van der Waals surface area contributed by atoms with Gasteiger partial charge in [-0.1, -0.05) is 62.7 Å². The van der Waals surface area contributed by atoms with E-state index in [-0.39, 0.29) is 11.3 Å². The highest BCUT2D eigenvalue weighted by Gasteiger charge is 2.13. The van der Waals surface area contributed by atoms with Crippen LogP contribution in [0.1, 0.15) is 47.8 Å². The second kappa shape index (κ2) is 8.26. The number of carbonyl (C=O) groups excluding carboxylic acids is 1. The van der Waals surface area contributed by atoms with Gasteiger partial charge in [0.25, 0.3) is 5.91 Å². The third-order valence-corrected chi connectivity index (χ3v) is 4.58. The summed E-state index contributed by atoms with van der Waals surface area (Å²) in [5, 5.41) is 6.27. The lowest BCUT2D eigenvalue weighted by atomic mass is 9.87. The van der Waals surface area contributed by atoms with Crippen LogP contribution >= 0.6 is 0 Å². The number of rotatable bonds is 5. The minimum Gasteiger partial charge on any atom is -0.354 e. The van der Waals surface area contributed by atoms with Crippen molar-refractivity contribution in [3.05, 3.63) is 89.2 Å². The monoisotopic (exact) mass is 373 g/mol. The Balaban J connectivity index is 1.65. The summed E-state index contributed by atoms with van der Waals surface area (Å²) in [7, 11) is 0. The maximum Gasteiger partial charge on any atom is 0.253 e. The molecule has 0 atom stereocenters. The van der Waals surface area contributed by atoms with Crippen LogP contribution in [0.25, 0.3) is 0 Å². The summed E-state index contributed by atoms with van der Waals surface area (Å²) in [6.07, 6.45) is 3.30. The molecule has 0 aliphatic carbocycles. The standard InChI is InChI=1S/C24H27N3O/c1-17-6-5-7-18(12-17)14-26-23(28)19-13-22(16-25-15-19)27-21-10-8-20(9-11-21)24(2,3)4/h5-13,15-16,27H,14H2,1-4H3,(H,26,28). The van der Waals surface area contributed by atoms with Gasteiger partial charge in [0.1, 0.15) is 0 Å². The van der Waals surface area contributed by atoms with Crippen molar-refractivity contribution in [2.24, 2.45) is 0 Å². The zero-order chi connectivity index (χ0) is 20.1. The number of amides is 1. The molecule has 1 heterocycles. The minimum absolute atomic E-state index is 0.120. The average Bonchev–Trinajstić information content (AvgIpc) is 2.66. The van der Waals surface area contributed by atoms with Crippen LogP contribution in [0.5, 0.6) is 0 Å². The Kier molecular flexibility index (Phi) is 5.78. The number of nitrogens with one attached hydrogen (secondary N) is 2. The van der Waals surface area contributed by atoms with Gasteiger partial charge in [-0.15, -0.1) is 0 Å². The second-order valence-electron chi connectivity index (χ2n) is 8.09. The second-order valence-corrected chi connectivity index (χ2v) is 8.09. The zero-order valence-electron chi connectivity index (χ0n) is 16.9. The first-order valence-electron chi connectivity index (χ1n) is 9.48. The molecule has 0 aliphatic heterocycles. The summed E-state index contributed by atoms with van der Waals surface area (Å²) in [6.45, 7) is 9.11. The number of aromatic nitrogens is 1. The molecule has 0 unspecified atom stereocenters. The molecule has 0 bridgehead atoms. The van der Waals surface area contributed by atoms with Gasteiger partial charge in [0.2, 0.25) is 0 Å². The molecule has 144 valence electrons. The van der Waals surface area contributed by atoms with E-state index in [1.807, 2.05) is 43.3 Å². The van der Waals surface area contributed by atoms with E-state index in [2.05, 4.69) is 54.6 Å². The van der Waals surface area contributed by atoms with Crippen molar-refractivity contribution in [3.63, 3.8) is 0 Å². The molecular weight excluding hydrogens is 346 g/mol. The first-order valence-corrected chi connectivity index (χ1v) is 9.48. The maximum absolute atomic E-state index is 12.5. The van der Waals surface area contributed by atoms with Gasteiger partial charge in [-0.2, -0.15) is 0 Å². The molecule has 3 rings (SSSR count). The Morgan fingerprint density at radius 3 is 2.39 bits per heavy atom. The topological polar surface area (TPSA) is 54.0 Å². The highest BCUT2D eigenvalue weighted by Crippen LogP contribution is 2.25. The lowest BCUT2D eigenvalue weighted by Crippen LogP contribution is -2.23. The molecule has 0 fully saturated rings. The first-order chi connectivity index (χ1) is 13.3. The van der Waals surface area contributed by atoms with Crippen LogP contribution < -0.4 is 10.6 Å². The van der Waals surface area contributed by atoms with E-state index >= 15 is 0 Å². The van der Waals surface area contributed by atoms with Gasteiger partial charge in [-0.3, -0.25) is 9.78 Å². The lowest BCUT2D eigenvalue weighted by molar-refractivity contribution is 0.0950. The average molecular weight is 374 g/mol. The summed E-state index contributed by atoms with van der Waals surface area (Å²) in [6, 6.07) is 18.3. The summed E-state index contributed by atoms with van der Waals surface area (Å²) >= 11 is 0. The van der Waals surface area contributed by atoms with Crippen LogP contribution in [0, 0.1) is 6.92 Å². The van der Waals surface area contributed by atoms with E-state index < -0.39 is 0 Å². The third kappa shape index (κ3) is 5.19. The Hall–Kier alpha value is -3.14. The molecule has 4 heteroatoms. The van der Waals surface area contributed by atoms with Gasteiger partial charge in [0.05, 0.1) is 17.4 Å². The molecule has 0 radical (unpaired) electrons. The predicted octanol–water partition coefficient (Wildman–Crippen LogP) is 5.36. The Morgan fingerprint density at radius 2 is 1.71 bits per heavy atom. The number of nitrogens with zero attached hydrogens (tertiary/aromatic N) is 1. The van der Waals surface area contributed by atoms with E-state index in [0.29, 0.717) is 12.1 Å². The molecule has 0 saturated carbocycles. The lowest BCUT2D eigenvalue weighted by Gasteiger charge is -2.19. The predicted molar refractivity (Wildman–Crippen MR) is 115 cm³/mol. The number of carbonyl (C=O) groups is 1.